The van der Waals surface area contributed by atoms with Crippen molar-refractivity contribution < 1.29 is 19.8 Å². The number of carboxylic acids is 1. The minimum Gasteiger partial charge on any atom is -0.481 e. The molecule has 7 nitrogen and oxygen atoms in total. The van der Waals surface area contributed by atoms with E-state index in [1.54, 1.807) is 11.8 Å². The van der Waals surface area contributed by atoms with Gasteiger partial charge in [-0.15, -0.1) is 11.8 Å². The molecule has 4 bridgehead atoms. The zero-order chi connectivity index (χ0) is 23.2. The summed E-state index contributed by atoms with van der Waals surface area (Å²) in [6.45, 7) is 3.61. The molecule has 4 aliphatic carbocycles. The van der Waals surface area contributed by atoms with Gasteiger partial charge in [0.2, 0.25) is 0 Å². The maximum atomic E-state index is 13.4. The van der Waals surface area contributed by atoms with Gasteiger partial charge >= 0.3 is 5.97 Å². The van der Waals surface area contributed by atoms with Crippen molar-refractivity contribution in [2.45, 2.75) is 75.0 Å². The number of carbonyl (C=O) groups is 2. The SMILES string of the molecule is CCCSc1nc(N2CC[C@@H](CC(=O)O)C2)ccc1C(=O)N[C@H]1C2CC3CC1C[C@@](O)(C3)C2. The summed E-state index contributed by atoms with van der Waals surface area (Å²) in [5, 5.41) is 24.1. The molecule has 0 spiro atoms. The van der Waals surface area contributed by atoms with Crippen molar-refractivity contribution >= 4 is 29.5 Å². The van der Waals surface area contributed by atoms with E-state index in [0.717, 1.165) is 68.1 Å². The van der Waals surface area contributed by atoms with Gasteiger partial charge in [0.05, 0.1) is 11.2 Å². The molecular formula is C25H35N3O4S. The molecule has 5 fully saturated rings. The number of anilines is 1. The highest BCUT2D eigenvalue weighted by atomic mass is 32.2. The third-order valence-corrected chi connectivity index (χ3v) is 9.34. The number of rotatable bonds is 8. The molecule has 0 aromatic carbocycles. The van der Waals surface area contributed by atoms with Crippen LogP contribution in [0.1, 0.15) is 68.6 Å². The Labute approximate surface area is 199 Å². The largest absolute Gasteiger partial charge is 0.481 e. The third-order valence-electron chi connectivity index (χ3n) is 8.14. The van der Waals surface area contributed by atoms with Crippen molar-refractivity contribution in [1.29, 1.82) is 0 Å². The molecular weight excluding hydrogens is 438 g/mol. The molecule has 3 atom stereocenters. The standard InChI is InChI=1S/C25H35N3O4S/c1-2-7-33-24-19(3-4-20(26-24)28-6-5-15(14-28)10-21(29)30)23(31)27-22-17-8-16-9-18(22)13-25(32,11-16)12-17/h3-4,15-18,22,32H,2,5-14H2,1H3,(H,27,31)(H,29,30)/t15-,16?,17?,18?,22-,25+/m0/s1. The zero-order valence-electron chi connectivity index (χ0n) is 19.3. The molecule has 8 heteroatoms. The van der Waals surface area contributed by atoms with Crippen molar-refractivity contribution in [3.8, 4) is 0 Å². The Bertz CT molecular complexity index is 909. The number of hydrogen-bond donors (Lipinski definition) is 3. The normalized spacial score (nSPS) is 34.6. The molecule has 5 aliphatic rings. The highest BCUT2D eigenvalue weighted by molar-refractivity contribution is 7.99. The number of carbonyl (C=O) groups excluding carboxylic acids is 1. The molecule has 1 aliphatic heterocycles. The lowest BCUT2D eigenvalue weighted by atomic mass is 9.52. The average Bonchev–Trinajstić information content (AvgIpc) is 3.21. The van der Waals surface area contributed by atoms with E-state index in [1.165, 1.54) is 0 Å². The Morgan fingerprint density at radius 3 is 2.67 bits per heavy atom. The molecule has 3 N–H and O–H groups in total. The lowest BCUT2D eigenvalue weighted by Crippen LogP contribution is -2.61. The fraction of sp³-hybridized carbons (Fsp3) is 0.720. The second-order valence-electron chi connectivity index (χ2n) is 10.8. The first-order chi connectivity index (χ1) is 15.8. The molecule has 1 amide bonds. The van der Waals surface area contributed by atoms with Gasteiger partial charge in [0.15, 0.2) is 0 Å². The predicted octanol–water partition coefficient (Wildman–Crippen LogP) is 3.55. The number of thioether (sulfide) groups is 1. The van der Waals surface area contributed by atoms with Gasteiger partial charge in [-0.2, -0.15) is 0 Å². The predicted molar refractivity (Wildman–Crippen MR) is 128 cm³/mol. The summed E-state index contributed by atoms with van der Waals surface area (Å²) in [7, 11) is 0. The Morgan fingerprint density at radius 1 is 1.24 bits per heavy atom. The first-order valence-corrected chi connectivity index (χ1v) is 13.5. The van der Waals surface area contributed by atoms with Gasteiger partial charge in [-0.25, -0.2) is 4.98 Å². The van der Waals surface area contributed by atoms with Gasteiger partial charge in [0.1, 0.15) is 10.8 Å². The first kappa shape index (κ1) is 23.0. The Morgan fingerprint density at radius 2 is 2.00 bits per heavy atom. The summed E-state index contributed by atoms with van der Waals surface area (Å²) >= 11 is 1.62. The van der Waals surface area contributed by atoms with E-state index in [-0.39, 0.29) is 24.3 Å². The summed E-state index contributed by atoms with van der Waals surface area (Å²) in [4.78, 5) is 31.5. The topological polar surface area (TPSA) is 103 Å². The van der Waals surface area contributed by atoms with Crippen LogP contribution >= 0.6 is 11.8 Å². The van der Waals surface area contributed by atoms with Gasteiger partial charge in [-0.3, -0.25) is 9.59 Å². The van der Waals surface area contributed by atoms with Gasteiger partial charge in [-0.1, -0.05) is 6.92 Å². The summed E-state index contributed by atoms with van der Waals surface area (Å²) in [6, 6.07) is 3.95. The minimum absolute atomic E-state index is 0.0534. The average molecular weight is 474 g/mol. The van der Waals surface area contributed by atoms with E-state index in [9.17, 15) is 14.7 Å². The van der Waals surface area contributed by atoms with Crippen LogP contribution < -0.4 is 10.2 Å². The Balaban J connectivity index is 1.31. The number of aliphatic hydroxyl groups is 1. The van der Waals surface area contributed by atoms with Crippen LogP contribution in [0.2, 0.25) is 0 Å². The summed E-state index contributed by atoms with van der Waals surface area (Å²) in [5.41, 5.74) is 0.128. The molecule has 2 heterocycles. The Kier molecular flexibility index (Phi) is 6.33. The molecule has 1 aromatic rings. The van der Waals surface area contributed by atoms with E-state index in [4.69, 9.17) is 10.1 Å². The molecule has 1 saturated heterocycles. The quantitative estimate of drug-likeness (QED) is 0.496. The van der Waals surface area contributed by atoms with E-state index in [0.29, 0.717) is 29.9 Å². The lowest BCUT2D eigenvalue weighted by Gasteiger charge is -2.58. The van der Waals surface area contributed by atoms with Crippen molar-refractivity contribution in [3.63, 3.8) is 0 Å². The van der Waals surface area contributed by atoms with Crippen molar-refractivity contribution in [2.75, 3.05) is 23.7 Å². The number of amides is 1. The number of hydrogen-bond acceptors (Lipinski definition) is 6. The van der Waals surface area contributed by atoms with Crippen LogP contribution in [0, 0.1) is 23.7 Å². The molecule has 1 aromatic heterocycles. The van der Waals surface area contributed by atoms with Gasteiger partial charge < -0.3 is 20.4 Å². The van der Waals surface area contributed by atoms with Crippen LogP contribution in [-0.2, 0) is 4.79 Å². The second-order valence-corrected chi connectivity index (χ2v) is 11.8. The molecule has 0 radical (unpaired) electrons. The summed E-state index contributed by atoms with van der Waals surface area (Å²) in [5.74, 6) is 2.42. The number of nitrogens with zero attached hydrogens (tertiary/aromatic N) is 2. The highest BCUT2D eigenvalue weighted by Crippen LogP contribution is 2.55. The van der Waals surface area contributed by atoms with E-state index in [1.807, 2.05) is 12.1 Å². The van der Waals surface area contributed by atoms with Crippen LogP contribution in [0.15, 0.2) is 17.2 Å². The first-order valence-electron chi connectivity index (χ1n) is 12.5. The van der Waals surface area contributed by atoms with Crippen LogP contribution in [-0.4, -0.2) is 57.6 Å². The maximum Gasteiger partial charge on any atom is 0.303 e. The summed E-state index contributed by atoms with van der Waals surface area (Å²) in [6.07, 6.45) is 6.83. The van der Waals surface area contributed by atoms with Crippen molar-refractivity contribution in [1.82, 2.24) is 10.3 Å². The van der Waals surface area contributed by atoms with Gasteiger partial charge in [0, 0.05) is 25.6 Å². The van der Waals surface area contributed by atoms with Gasteiger partial charge in [0.25, 0.3) is 5.91 Å². The number of carboxylic acid groups (broad SMARTS) is 1. The van der Waals surface area contributed by atoms with Crippen molar-refractivity contribution in [2.24, 2.45) is 23.7 Å². The van der Waals surface area contributed by atoms with Crippen LogP contribution in [0.25, 0.3) is 0 Å². The van der Waals surface area contributed by atoms with Crippen LogP contribution in [0.3, 0.4) is 0 Å². The highest BCUT2D eigenvalue weighted by Gasteiger charge is 2.55. The fourth-order valence-electron chi connectivity index (χ4n) is 6.99. The zero-order valence-corrected chi connectivity index (χ0v) is 20.1. The smallest absolute Gasteiger partial charge is 0.303 e. The third kappa shape index (κ3) is 4.74. The molecule has 2 unspecified atom stereocenters. The number of aromatic nitrogens is 1. The van der Waals surface area contributed by atoms with Gasteiger partial charge in [-0.05, 0) is 86.5 Å². The summed E-state index contributed by atoms with van der Waals surface area (Å²) < 4.78 is 0. The Hall–Kier alpha value is -1.80. The number of nitrogens with one attached hydrogen (secondary N) is 1. The molecule has 180 valence electrons. The minimum atomic E-state index is -0.752. The number of aliphatic carboxylic acids is 1. The van der Waals surface area contributed by atoms with Crippen molar-refractivity contribution in [3.05, 3.63) is 17.7 Å². The monoisotopic (exact) mass is 473 g/mol. The molecule has 6 rings (SSSR count). The molecule has 4 saturated carbocycles. The second kappa shape index (κ2) is 9.10. The molecule has 33 heavy (non-hydrogen) atoms. The fourth-order valence-corrected chi connectivity index (χ4v) is 7.86. The van der Waals surface area contributed by atoms with Crippen LogP contribution in [0.5, 0.6) is 0 Å². The maximum absolute atomic E-state index is 13.4. The van der Waals surface area contributed by atoms with E-state index < -0.39 is 11.6 Å². The number of pyridine rings is 1. The lowest BCUT2D eigenvalue weighted by molar-refractivity contribution is -0.138. The van der Waals surface area contributed by atoms with E-state index in [2.05, 4.69) is 17.1 Å². The van der Waals surface area contributed by atoms with Crippen LogP contribution in [0.4, 0.5) is 5.82 Å². The van der Waals surface area contributed by atoms with E-state index >= 15 is 0 Å².